The molecule has 0 spiro atoms. The van der Waals surface area contributed by atoms with E-state index in [-0.39, 0.29) is 22.6 Å². The first-order chi connectivity index (χ1) is 22.0. The van der Waals surface area contributed by atoms with Gasteiger partial charge in [-0.1, -0.05) is 19.9 Å². The molecule has 1 saturated carbocycles. The number of nitrogens with one attached hydrogen (secondary N) is 2. The second-order valence-corrected chi connectivity index (χ2v) is 12.8. The number of carboxylic acids is 1. The highest BCUT2D eigenvalue weighted by Gasteiger charge is 2.56. The number of hydrogen-bond acceptors (Lipinski definition) is 6. The summed E-state index contributed by atoms with van der Waals surface area (Å²) in [4.78, 5) is 24.7. The number of amides is 1. The van der Waals surface area contributed by atoms with E-state index in [1.165, 1.54) is 37.9 Å². The molecule has 4 aromatic rings. The van der Waals surface area contributed by atoms with E-state index >= 15 is 0 Å². The van der Waals surface area contributed by atoms with Gasteiger partial charge in [0.15, 0.2) is 5.60 Å². The summed E-state index contributed by atoms with van der Waals surface area (Å²) in [5, 5.41) is 31.1. The van der Waals surface area contributed by atoms with Crippen molar-refractivity contribution in [1.82, 2.24) is 15.1 Å². The molecule has 4 N–H and O–H groups in total. The largest absolute Gasteiger partial charge is 0.496 e. The first-order valence-corrected chi connectivity index (χ1v) is 15.0. The predicted octanol–water partition coefficient (Wildman–Crippen LogP) is 6.29. The second-order valence-electron chi connectivity index (χ2n) is 12.8. The molecule has 1 amide bonds. The molecule has 0 radical (unpaired) electrons. The van der Waals surface area contributed by atoms with Crippen molar-refractivity contribution in [2.75, 3.05) is 19.0 Å². The van der Waals surface area contributed by atoms with Crippen LogP contribution in [-0.4, -0.2) is 62.8 Å². The van der Waals surface area contributed by atoms with Gasteiger partial charge in [0.25, 0.3) is 5.91 Å². The van der Waals surface area contributed by atoms with E-state index in [1.54, 1.807) is 43.3 Å². The average molecular weight is 657 g/mol. The molecule has 5 rings (SSSR count). The molecule has 1 unspecified atom stereocenters. The smallest absolute Gasteiger partial charge is 0.418 e. The number of aliphatic carboxylic acids is 1. The number of methoxy groups -OCH3 is 1. The van der Waals surface area contributed by atoms with Gasteiger partial charge in [-0.3, -0.25) is 4.79 Å². The van der Waals surface area contributed by atoms with Crippen molar-refractivity contribution >= 4 is 28.5 Å². The number of aryl methyl sites for hydroxylation is 1. The van der Waals surface area contributed by atoms with Gasteiger partial charge < -0.3 is 25.6 Å². The Hall–Kier alpha value is -4.65. The molecular weight excluding hydrogens is 620 g/mol. The van der Waals surface area contributed by atoms with Crippen LogP contribution >= 0.6 is 0 Å². The number of hydrogen-bond donors (Lipinski definition) is 4. The summed E-state index contributed by atoms with van der Waals surface area (Å²) in [6.45, 7) is 3.81. The fourth-order valence-electron chi connectivity index (χ4n) is 6.15. The van der Waals surface area contributed by atoms with Crippen LogP contribution in [0.25, 0.3) is 16.6 Å². The van der Waals surface area contributed by atoms with Gasteiger partial charge >= 0.3 is 12.1 Å². The number of ether oxygens (including phenoxy) is 1. The summed E-state index contributed by atoms with van der Waals surface area (Å²) in [7, 11) is 1.34. The SMILES string of the molecule is COc1ccc(F)cc1C(C)(C)CC(O)(CNc1cc(C)cc2c1cnn2-c1cccc(C(=O)NC2(C(=O)O)CCC2)c1)C(F)(F)F. The van der Waals surface area contributed by atoms with Crippen LogP contribution in [0.15, 0.2) is 60.8 Å². The fourth-order valence-corrected chi connectivity index (χ4v) is 6.15. The van der Waals surface area contributed by atoms with Crippen LogP contribution in [0, 0.1) is 12.7 Å². The van der Waals surface area contributed by atoms with E-state index in [0.717, 1.165) is 12.1 Å². The van der Waals surface area contributed by atoms with Crippen molar-refractivity contribution in [3.05, 3.63) is 83.3 Å². The van der Waals surface area contributed by atoms with Crippen molar-refractivity contribution in [2.24, 2.45) is 0 Å². The minimum absolute atomic E-state index is 0.184. The Morgan fingerprint density at radius 2 is 1.81 bits per heavy atom. The lowest BCUT2D eigenvalue weighted by Crippen LogP contribution is -2.59. The third-order valence-electron chi connectivity index (χ3n) is 8.88. The molecule has 47 heavy (non-hydrogen) atoms. The first-order valence-electron chi connectivity index (χ1n) is 15.0. The molecule has 1 aromatic heterocycles. The standard InChI is InChI=1S/C34H36F4N4O5/c1-20-13-26(39-19-33(46,34(36,37)38)18-31(2,3)25-16-22(35)9-10-28(25)47-4)24-17-40-42(27(24)14-20)23-8-5-7-21(15-23)29(43)41-32(30(44)45)11-6-12-32/h5,7-10,13-17,39,46H,6,11-12,18-19H2,1-4H3,(H,41,43)(H,44,45). The summed E-state index contributed by atoms with van der Waals surface area (Å²) in [5.41, 5.74) is -3.50. The Morgan fingerprint density at radius 3 is 2.43 bits per heavy atom. The minimum atomic E-state index is -5.05. The van der Waals surface area contributed by atoms with E-state index in [4.69, 9.17) is 4.74 Å². The lowest BCUT2D eigenvalue weighted by molar-refractivity contribution is -0.260. The molecule has 1 atom stereocenters. The van der Waals surface area contributed by atoms with Crippen LogP contribution in [0.4, 0.5) is 23.2 Å². The summed E-state index contributed by atoms with van der Waals surface area (Å²) in [6.07, 6.45) is -3.01. The quantitative estimate of drug-likeness (QED) is 0.140. The number of nitrogens with zero attached hydrogens (tertiary/aromatic N) is 2. The highest BCUT2D eigenvalue weighted by molar-refractivity contribution is 5.99. The van der Waals surface area contributed by atoms with Gasteiger partial charge in [-0.05, 0) is 92.1 Å². The predicted molar refractivity (Wildman–Crippen MR) is 168 cm³/mol. The molecule has 13 heteroatoms. The molecule has 250 valence electrons. The van der Waals surface area contributed by atoms with Crippen molar-refractivity contribution in [1.29, 1.82) is 0 Å². The molecule has 3 aromatic carbocycles. The summed E-state index contributed by atoms with van der Waals surface area (Å²) in [6, 6.07) is 13.4. The number of rotatable bonds is 11. The van der Waals surface area contributed by atoms with Gasteiger partial charge in [-0.25, -0.2) is 13.9 Å². The number of fused-ring (bicyclic) bond motifs is 1. The normalized spacial score (nSPS) is 15.9. The maximum atomic E-state index is 14.5. The maximum Gasteiger partial charge on any atom is 0.418 e. The maximum absolute atomic E-state index is 14.5. The lowest BCUT2D eigenvalue weighted by atomic mass is 9.74. The van der Waals surface area contributed by atoms with Gasteiger partial charge in [0, 0.05) is 22.2 Å². The van der Waals surface area contributed by atoms with Crippen molar-refractivity contribution in [3.8, 4) is 11.4 Å². The van der Waals surface area contributed by atoms with Crippen LogP contribution in [0.2, 0.25) is 0 Å². The Bertz CT molecular complexity index is 1830. The third-order valence-corrected chi connectivity index (χ3v) is 8.88. The highest BCUT2D eigenvalue weighted by atomic mass is 19.4. The molecule has 0 aliphatic heterocycles. The van der Waals surface area contributed by atoms with Gasteiger partial charge in [0.05, 0.1) is 31.1 Å². The summed E-state index contributed by atoms with van der Waals surface area (Å²) < 4.78 is 64.5. The number of benzene rings is 3. The molecule has 1 aliphatic carbocycles. The number of carbonyl (C=O) groups excluding carboxylic acids is 1. The summed E-state index contributed by atoms with van der Waals surface area (Å²) in [5.74, 6) is -2.08. The van der Waals surface area contributed by atoms with Crippen molar-refractivity contribution in [2.45, 2.75) is 69.2 Å². The molecule has 0 bridgehead atoms. The van der Waals surface area contributed by atoms with E-state index < -0.39 is 53.4 Å². The van der Waals surface area contributed by atoms with E-state index in [2.05, 4.69) is 15.7 Å². The van der Waals surface area contributed by atoms with Crippen LogP contribution in [0.5, 0.6) is 5.75 Å². The topological polar surface area (TPSA) is 126 Å². The average Bonchev–Trinajstić information content (AvgIpc) is 3.40. The molecule has 9 nitrogen and oxygen atoms in total. The van der Waals surface area contributed by atoms with E-state index in [0.29, 0.717) is 41.4 Å². The zero-order valence-electron chi connectivity index (χ0n) is 26.3. The van der Waals surface area contributed by atoms with Crippen LogP contribution in [0.1, 0.15) is 61.0 Å². The number of aromatic nitrogens is 2. The number of carboxylic acid groups (broad SMARTS) is 1. The zero-order chi connectivity index (χ0) is 34.4. The molecule has 1 fully saturated rings. The van der Waals surface area contributed by atoms with E-state index in [9.17, 15) is 37.4 Å². The van der Waals surface area contributed by atoms with Crippen LogP contribution in [-0.2, 0) is 10.2 Å². The van der Waals surface area contributed by atoms with Gasteiger partial charge in [0.2, 0.25) is 0 Å². The molecule has 1 heterocycles. The first kappa shape index (κ1) is 33.7. The minimum Gasteiger partial charge on any atom is -0.496 e. The zero-order valence-corrected chi connectivity index (χ0v) is 26.3. The van der Waals surface area contributed by atoms with Crippen LogP contribution in [0.3, 0.4) is 0 Å². The van der Waals surface area contributed by atoms with Crippen molar-refractivity contribution in [3.63, 3.8) is 0 Å². The molecule has 0 saturated heterocycles. The van der Waals surface area contributed by atoms with Gasteiger partial charge in [0.1, 0.15) is 17.1 Å². The molecular formula is C34H36F4N4O5. The second kappa shape index (κ2) is 12.2. The molecule has 1 aliphatic rings. The number of alkyl halides is 3. The van der Waals surface area contributed by atoms with Gasteiger partial charge in [-0.2, -0.15) is 18.3 Å². The third kappa shape index (κ3) is 6.49. The number of carbonyl (C=O) groups is 2. The Morgan fingerprint density at radius 1 is 1.09 bits per heavy atom. The van der Waals surface area contributed by atoms with Gasteiger partial charge in [-0.15, -0.1) is 0 Å². The highest BCUT2D eigenvalue weighted by Crippen LogP contribution is 2.44. The fraction of sp³-hybridized carbons (Fsp3) is 0.382. The summed E-state index contributed by atoms with van der Waals surface area (Å²) >= 11 is 0. The lowest BCUT2D eigenvalue weighted by Gasteiger charge is -2.38. The van der Waals surface area contributed by atoms with E-state index in [1.807, 2.05) is 0 Å². The Labute approximate surface area is 268 Å². The van der Waals surface area contributed by atoms with Crippen LogP contribution < -0.4 is 15.4 Å². The van der Waals surface area contributed by atoms with Crippen molar-refractivity contribution < 1.29 is 42.1 Å². The Balaban J connectivity index is 1.43. The number of anilines is 1. The number of halogens is 4. The Kier molecular flexibility index (Phi) is 8.73. The number of aliphatic hydroxyl groups is 1. The monoisotopic (exact) mass is 656 g/mol.